The van der Waals surface area contributed by atoms with Crippen molar-refractivity contribution in [1.29, 1.82) is 0 Å². The van der Waals surface area contributed by atoms with Crippen LogP contribution in [0.2, 0.25) is 0 Å². The molecule has 1 aliphatic rings. The molecule has 2 unspecified atom stereocenters. The van der Waals surface area contributed by atoms with E-state index in [0.717, 1.165) is 44.6 Å². The van der Waals surface area contributed by atoms with Crippen LogP contribution < -0.4 is 5.32 Å². The van der Waals surface area contributed by atoms with E-state index in [1.54, 1.807) is 0 Å². The Hall–Kier alpha value is -0.940. The maximum atomic E-state index is 10.1. The number of benzene rings is 1. The van der Waals surface area contributed by atoms with Gasteiger partial charge in [0, 0.05) is 19.7 Å². The highest BCUT2D eigenvalue weighted by atomic mass is 16.5. The first kappa shape index (κ1) is 16.4. The largest absolute Gasteiger partial charge is 0.394 e. The van der Waals surface area contributed by atoms with Crippen molar-refractivity contribution in [3.8, 4) is 0 Å². The van der Waals surface area contributed by atoms with Crippen LogP contribution in [-0.2, 0) is 10.3 Å². The molecule has 1 fully saturated rings. The molecular weight excluding hydrogens is 264 g/mol. The van der Waals surface area contributed by atoms with Gasteiger partial charge in [-0.1, -0.05) is 37.3 Å². The lowest BCUT2D eigenvalue weighted by atomic mass is 9.89. The third-order valence-corrected chi connectivity index (χ3v) is 4.19. The van der Waals surface area contributed by atoms with E-state index in [2.05, 4.69) is 36.3 Å². The molecule has 0 radical (unpaired) electrons. The third kappa shape index (κ3) is 4.27. The van der Waals surface area contributed by atoms with E-state index < -0.39 is 5.54 Å². The summed E-state index contributed by atoms with van der Waals surface area (Å²) < 4.78 is 5.71. The number of hydrogen-bond acceptors (Lipinski definition) is 4. The number of hydrogen-bond donors (Lipinski definition) is 2. The summed E-state index contributed by atoms with van der Waals surface area (Å²) in [7, 11) is 2.10. The molecule has 118 valence electrons. The fraction of sp³-hybridized carbons (Fsp3) is 0.647. The molecule has 1 aromatic carbocycles. The highest BCUT2D eigenvalue weighted by Crippen LogP contribution is 2.23. The lowest BCUT2D eigenvalue weighted by molar-refractivity contribution is 0.0590. The van der Waals surface area contributed by atoms with Crippen molar-refractivity contribution in [3.05, 3.63) is 35.9 Å². The average molecular weight is 292 g/mol. The van der Waals surface area contributed by atoms with Gasteiger partial charge in [0.05, 0.1) is 18.2 Å². The third-order valence-electron chi connectivity index (χ3n) is 4.19. The Labute approximate surface area is 128 Å². The van der Waals surface area contributed by atoms with Crippen molar-refractivity contribution in [2.45, 2.75) is 31.4 Å². The van der Waals surface area contributed by atoms with Crippen LogP contribution in [0.5, 0.6) is 0 Å². The van der Waals surface area contributed by atoms with Gasteiger partial charge in [-0.25, -0.2) is 0 Å². The maximum Gasteiger partial charge on any atom is 0.0797 e. The van der Waals surface area contributed by atoms with Gasteiger partial charge in [-0.05, 0) is 32.0 Å². The van der Waals surface area contributed by atoms with E-state index in [4.69, 9.17) is 4.74 Å². The monoisotopic (exact) mass is 292 g/mol. The summed E-state index contributed by atoms with van der Waals surface area (Å²) in [4.78, 5) is 2.27. The summed E-state index contributed by atoms with van der Waals surface area (Å²) in [6, 6.07) is 10.2. The van der Waals surface area contributed by atoms with Gasteiger partial charge in [-0.2, -0.15) is 0 Å². The molecule has 2 N–H and O–H groups in total. The number of rotatable bonds is 8. The Bertz CT molecular complexity index is 407. The van der Waals surface area contributed by atoms with Gasteiger partial charge >= 0.3 is 0 Å². The highest BCUT2D eigenvalue weighted by Gasteiger charge is 2.32. The number of nitrogens with zero attached hydrogens (tertiary/aromatic N) is 1. The molecule has 2 atom stereocenters. The first-order chi connectivity index (χ1) is 10.2. The summed E-state index contributed by atoms with van der Waals surface area (Å²) in [5.41, 5.74) is 0.720. The molecule has 4 heteroatoms. The SMILES string of the molecule is CCNC(CO)(CN(C)CC1CCCO1)c1ccccc1. The molecule has 0 aromatic heterocycles. The van der Waals surface area contributed by atoms with Crippen molar-refractivity contribution in [1.82, 2.24) is 10.2 Å². The Balaban J connectivity index is 2.08. The standard InChI is InChI=1S/C17H28N2O2/c1-3-18-17(14-20,15-8-5-4-6-9-15)13-19(2)12-16-10-7-11-21-16/h4-6,8-9,16,18,20H,3,7,10-14H2,1-2H3. The molecule has 0 aliphatic carbocycles. The van der Waals surface area contributed by atoms with E-state index in [9.17, 15) is 5.11 Å². The molecule has 1 aliphatic heterocycles. The number of aliphatic hydroxyl groups excluding tert-OH is 1. The second-order valence-electron chi connectivity index (χ2n) is 5.97. The molecular formula is C17H28N2O2. The fourth-order valence-corrected chi connectivity index (χ4v) is 3.20. The lowest BCUT2D eigenvalue weighted by Gasteiger charge is -2.37. The van der Waals surface area contributed by atoms with Crippen molar-refractivity contribution in [2.75, 3.05) is 39.9 Å². The molecule has 21 heavy (non-hydrogen) atoms. The van der Waals surface area contributed by atoms with Crippen LogP contribution in [0.1, 0.15) is 25.3 Å². The Morgan fingerprint density at radius 1 is 1.38 bits per heavy atom. The van der Waals surface area contributed by atoms with Gasteiger partial charge in [0.25, 0.3) is 0 Å². The zero-order valence-electron chi connectivity index (χ0n) is 13.2. The summed E-state index contributed by atoms with van der Waals surface area (Å²) >= 11 is 0. The van der Waals surface area contributed by atoms with E-state index >= 15 is 0 Å². The smallest absolute Gasteiger partial charge is 0.0797 e. The van der Waals surface area contributed by atoms with Crippen LogP contribution in [0.15, 0.2) is 30.3 Å². The van der Waals surface area contributed by atoms with E-state index in [0.29, 0.717) is 6.10 Å². The quantitative estimate of drug-likeness (QED) is 0.764. The Morgan fingerprint density at radius 2 is 2.14 bits per heavy atom. The van der Waals surface area contributed by atoms with Crippen LogP contribution in [0.3, 0.4) is 0 Å². The van der Waals surface area contributed by atoms with Crippen molar-refractivity contribution >= 4 is 0 Å². The molecule has 0 bridgehead atoms. The van der Waals surface area contributed by atoms with Gasteiger partial charge in [-0.15, -0.1) is 0 Å². The Morgan fingerprint density at radius 3 is 2.71 bits per heavy atom. The molecule has 0 amide bonds. The van der Waals surface area contributed by atoms with Crippen LogP contribution in [0, 0.1) is 0 Å². The molecule has 1 heterocycles. The molecule has 1 aromatic rings. The van der Waals surface area contributed by atoms with Crippen molar-refractivity contribution < 1.29 is 9.84 Å². The van der Waals surface area contributed by atoms with Crippen molar-refractivity contribution in [3.63, 3.8) is 0 Å². The molecule has 4 nitrogen and oxygen atoms in total. The minimum absolute atomic E-state index is 0.0840. The first-order valence-electron chi connectivity index (χ1n) is 7.92. The van der Waals surface area contributed by atoms with E-state index in [1.165, 1.54) is 0 Å². The summed E-state index contributed by atoms with van der Waals surface area (Å²) in [5, 5.41) is 13.5. The summed E-state index contributed by atoms with van der Waals surface area (Å²) in [6.45, 7) is 5.55. The number of aliphatic hydroxyl groups is 1. The van der Waals surface area contributed by atoms with Crippen LogP contribution in [-0.4, -0.2) is 56.0 Å². The zero-order chi connectivity index (χ0) is 15.1. The lowest BCUT2D eigenvalue weighted by Crippen LogP contribution is -2.53. The predicted molar refractivity (Wildman–Crippen MR) is 85.4 cm³/mol. The van der Waals surface area contributed by atoms with Gasteiger partial charge in [-0.3, -0.25) is 0 Å². The molecule has 0 saturated carbocycles. The highest BCUT2D eigenvalue weighted by molar-refractivity contribution is 5.25. The first-order valence-corrected chi connectivity index (χ1v) is 7.92. The predicted octanol–water partition coefficient (Wildman–Crippen LogP) is 1.59. The summed E-state index contributed by atoms with van der Waals surface area (Å²) in [5.74, 6) is 0. The number of likely N-dealkylation sites (N-methyl/N-ethyl adjacent to an activating group) is 2. The average Bonchev–Trinajstić information content (AvgIpc) is 3.00. The van der Waals surface area contributed by atoms with E-state index in [1.807, 2.05) is 18.2 Å². The normalized spacial score (nSPS) is 21.6. The van der Waals surface area contributed by atoms with Crippen LogP contribution in [0.25, 0.3) is 0 Å². The second kappa shape index (κ2) is 7.90. The second-order valence-corrected chi connectivity index (χ2v) is 5.97. The topological polar surface area (TPSA) is 44.7 Å². The minimum atomic E-state index is -0.413. The van der Waals surface area contributed by atoms with Crippen LogP contribution >= 0.6 is 0 Å². The fourth-order valence-electron chi connectivity index (χ4n) is 3.20. The van der Waals surface area contributed by atoms with Gasteiger partial charge < -0.3 is 20.1 Å². The Kier molecular flexibility index (Phi) is 6.18. The number of nitrogens with one attached hydrogen (secondary N) is 1. The van der Waals surface area contributed by atoms with E-state index in [-0.39, 0.29) is 6.61 Å². The maximum absolute atomic E-state index is 10.1. The van der Waals surface area contributed by atoms with Crippen molar-refractivity contribution in [2.24, 2.45) is 0 Å². The molecule has 2 rings (SSSR count). The summed E-state index contributed by atoms with van der Waals surface area (Å²) in [6.07, 6.45) is 2.64. The molecule has 0 spiro atoms. The van der Waals surface area contributed by atoms with Crippen LogP contribution in [0.4, 0.5) is 0 Å². The van der Waals surface area contributed by atoms with Gasteiger partial charge in [0.1, 0.15) is 0 Å². The molecule has 1 saturated heterocycles. The zero-order valence-corrected chi connectivity index (χ0v) is 13.2. The van der Waals surface area contributed by atoms with Gasteiger partial charge in [0.2, 0.25) is 0 Å². The van der Waals surface area contributed by atoms with Gasteiger partial charge in [0.15, 0.2) is 0 Å². The number of ether oxygens (including phenoxy) is 1. The minimum Gasteiger partial charge on any atom is -0.394 e.